The molecule has 3 aromatic carbocycles. The molecular weight excluding hydrogens is 368 g/mol. The van der Waals surface area contributed by atoms with Gasteiger partial charge in [-0.1, -0.05) is 78.5 Å². The minimum absolute atomic E-state index is 0.124. The van der Waals surface area contributed by atoms with Gasteiger partial charge in [0, 0.05) is 22.4 Å². The minimum Gasteiger partial charge on any atom is -0.872 e. The fraction of sp³-hybridized carbons (Fsp3) is 0.222. The summed E-state index contributed by atoms with van der Waals surface area (Å²) in [4.78, 5) is 6.18. The minimum atomic E-state index is 0.124. The highest BCUT2D eigenvalue weighted by Gasteiger charge is 2.17. The Kier molecular flexibility index (Phi) is 5.82. The van der Waals surface area contributed by atoms with E-state index in [2.05, 4.69) is 55.5 Å². The Morgan fingerprint density at radius 3 is 1.87 bits per heavy atom. The summed E-state index contributed by atoms with van der Waals surface area (Å²) in [7, 11) is 0. The molecule has 0 saturated heterocycles. The zero-order valence-electron chi connectivity index (χ0n) is 17.9. The number of aryl methyl sites for hydroxylation is 3. The molecular formula is C27H28N2O. The molecule has 4 rings (SSSR count). The van der Waals surface area contributed by atoms with Crippen LogP contribution in [0.5, 0.6) is 5.75 Å². The van der Waals surface area contributed by atoms with Gasteiger partial charge in [0.2, 0.25) is 0 Å². The molecule has 0 aliphatic rings. The van der Waals surface area contributed by atoms with E-state index >= 15 is 0 Å². The lowest BCUT2D eigenvalue weighted by Crippen LogP contribution is -3.08. The number of nitrogens with one attached hydrogen (secondary N) is 1. The van der Waals surface area contributed by atoms with Crippen molar-refractivity contribution in [1.29, 1.82) is 0 Å². The van der Waals surface area contributed by atoms with Crippen LogP contribution in [0.2, 0.25) is 0 Å². The molecule has 0 amide bonds. The lowest BCUT2D eigenvalue weighted by atomic mass is 10.0. The van der Waals surface area contributed by atoms with Crippen LogP contribution in [0.4, 0.5) is 0 Å². The highest BCUT2D eigenvalue weighted by atomic mass is 16.3. The molecule has 0 aliphatic heterocycles. The van der Waals surface area contributed by atoms with E-state index in [-0.39, 0.29) is 5.75 Å². The molecule has 0 fully saturated rings. The van der Waals surface area contributed by atoms with Gasteiger partial charge in [-0.3, -0.25) is 4.98 Å². The number of nitrogens with zero attached hydrogens (tertiary/aromatic N) is 1. The van der Waals surface area contributed by atoms with Crippen LogP contribution in [0.3, 0.4) is 0 Å². The Morgan fingerprint density at radius 1 is 0.733 bits per heavy atom. The highest BCUT2D eigenvalue weighted by Crippen LogP contribution is 2.30. The number of hydrogen-bond acceptors (Lipinski definition) is 2. The van der Waals surface area contributed by atoms with Crippen molar-refractivity contribution in [1.82, 2.24) is 4.98 Å². The molecule has 152 valence electrons. The Labute approximate surface area is 178 Å². The van der Waals surface area contributed by atoms with E-state index < -0.39 is 0 Å². The van der Waals surface area contributed by atoms with Crippen LogP contribution in [-0.4, -0.2) is 4.98 Å². The number of benzene rings is 3. The van der Waals surface area contributed by atoms with Gasteiger partial charge >= 0.3 is 0 Å². The maximum atomic E-state index is 13.4. The van der Waals surface area contributed by atoms with Crippen LogP contribution in [0.25, 0.3) is 10.9 Å². The van der Waals surface area contributed by atoms with Gasteiger partial charge in [0.25, 0.3) is 0 Å². The van der Waals surface area contributed by atoms with Gasteiger partial charge < -0.3 is 10.0 Å². The maximum absolute atomic E-state index is 13.4. The molecule has 0 radical (unpaired) electrons. The summed E-state index contributed by atoms with van der Waals surface area (Å²) in [6.07, 6.45) is 0. The van der Waals surface area contributed by atoms with Crippen molar-refractivity contribution in [3.05, 3.63) is 106 Å². The Morgan fingerprint density at radius 2 is 1.30 bits per heavy atom. The third-order valence-corrected chi connectivity index (χ3v) is 5.96. The predicted octanol–water partition coefficient (Wildman–Crippen LogP) is 4.02. The van der Waals surface area contributed by atoms with Crippen molar-refractivity contribution < 1.29 is 10.0 Å². The quantitative estimate of drug-likeness (QED) is 0.535. The van der Waals surface area contributed by atoms with E-state index in [1.54, 1.807) is 0 Å². The summed E-state index contributed by atoms with van der Waals surface area (Å²) in [5, 5.41) is 14.1. The zero-order chi connectivity index (χ0) is 21.1. The molecule has 1 heterocycles. The lowest BCUT2D eigenvalue weighted by Gasteiger charge is -2.25. The average Bonchev–Trinajstić information content (AvgIpc) is 2.75. The van der Waals surface area contributed by atoms with Gasteiger partial charge in [0.05, 0.1) is 5.52 Å². The molecule has 0 aliphatic carbocycles. The Bertz CT molecular complexity index is 1110. The van der Waals surface area contributed by atoms with E-state index in [0.717, 1.165) is 40.8 Å². The molecule has 3 nitrogen and oxygen atoms in total. The van der Waals surface area contributed by atoms with Gasteiger partial charge in [-0.15, -0.1) is 0 Å². The molecule has 1 aromatic heterocycles. The monoisotopic (exact) mass is 396 g/mol. The van der Waals surface area contributed by atoms with Gasteiger partial charge in [-0.25, -0.2) is 0 Å². The van der Waals surface area contributed by atoms with Crippen molar-refractivity contribution in [2.45, 2.75) is 40.4 Å². The second-order valence-electron chi connectivity index (χ2n) is 8.16. The molecule has 0 unspecified atom stereocenters. The number of pyridine rings is 1. The number of quaternary nitrogens is 1. The SMILES string of the molecule is Cc1ccc2c([O-])c(C[NH+](Cc3ccccc3)Cc3ccccc3)c(C)nc2c1C. The van der Waals surface area contributed by atoms with Crippen LogP contribution in [0.15, 0.2) is 72.8 Å². The normalized spacial score (nSPS) is 11.3. The first-order chi connectivity index (χ1) is 14.5. The smallest absolute Gasteiger partial charge is 0.105 e. The fourth-order valence-corrected chi connectivity index (χ4v) is 4.11. The fourth-order valence-electron chi connectivity index (χ4n) is 4.11. The van der Waals surface area contributed by atoms with Crippen molar-refractivity contribution in [3.63, 3.8) is 0 Å². The standard InChI is InChI=1S/C27H28N2O/c1-19-14-15-24-26(20(19)2)28-21(3)25(27(24)30)18-29(16-22-10-6-4-7-11-22)17-23-12-8-5-9-13-23/h4-15H,16-18H2,1-3H3,(H,28,30). The largest absolute Gasteiger partial charge is 0.872 e. The molecule has 0 bridgehead atoms. The highest BCUT2D eigenvalue weighted by molar-refractivity contribution is 5.89. The van der Waals surface area contributed by atoms with Crippen molar-refractivity contribution in [3.8, 4) is 5.75 Å². The van der Waals surface area contributed by atoms with Crippen LogP contribution in [0, 0.1) is 20.8 Å². The molecule has 3 heteroatoms. The summed E-state index contributed by atoms with van der Waals surface area (Å²) in [5.74, 6) is 0.124. The topological polar surface area (TPSA) is 40.4 Å². The second kappa shape index (κ2) is 8.68. The van der Waals surface area contributed by atoms with E-state index in [1.807, 2.05) is 38.1 Å². The molecule has 30 heavy (non-hydrogen) atoms. The number of hydrogen-bond donors (Lipinski definition) is 1. The average molecular weight is 397 g/mol. The third kappa shape index (κ3) is 4.22. The van der Waals surface area contributed by atoms with E-state index in [9.17, 15) is 5.11 Å². The van der Waals surface area contributed by atoms with Gasteiger partial charge in [0.1, 0.15) is 19.6 Å². The van der Waals surface area contributed by atoms with Crippen LogP contribution < -0.4 is 10.0 Å². The Hall–Kier alpha value is -3.17. The lowest BCUT2D eigenvalue weighted by molar-refractivity contribution is -0.941. The first-order valence-electron chi connectivity index (χ1n) is 10.5. The van der Waals surface area contributed by atoms with Gasteiger partial charge in [-0.05, 0) is 37.3 Å². The van der Waals surface area contributed by atoms with Crippen molar-refractivity contribution in [2.24, 2.45) is 0 Å². The molecule has 0 spiro atoms. The number of fused-ring (bicyclic) bond motifs is 1. The van der Waals surface area contributed by atoms with Crippen LogP contribution in [0.1, 0.15) is 33.5 Å². The summed E-state index contributed by atoms with van der Waals surface area (Å²) in [6, 6.07) is 24.9. The summed E-state index contributed by atoms with van der Waals surface area (Å²) < 4.78 is 0. The van der Waals surface area contributed by atoms with Crippen LogP contribution in [-0.2, 0) is 19.6 Å². The van der Waals surface area contributed by atoms with Crippen molar-refractivity contribution in [2.75, 3.05) is 0 Å². The third-order valence-electron chi connectivity index (χ3n) is 5.96. The summed E-state index contributed by atoms with van der Waals surface area (Å²) in [6.45, 7) is 8.46. The second-order valence-corrected chi connectivity index (χ2v) is 8.16. The molecule has 1 N–H and O–H groups in total. The van der Waals surface area contributed by atoms with Gasteiger partial charge in [-0.2, -0.15) is 0 Å². The first kappa shape index (κ1) is 20.1. The first-order valence-corrected chi connectivity index (χ1v) is 10.5. The molecule has 4 aromatic rings. The van der Waals surface area contributed by atoms with Gasteiger partial charge in [0.15, 0.2) is 0 Å². The Balaban J connectivity index is 1.71. The summed E-state index contributed by atoms with van der Waals surface area (Å²) >= 11 is 0. The van der Waals surface area contributed by atoms with E-state index in [1.165, 1.54) is 21.6 Å². The molecule has 0 atom stereocenters. The number of aromatic nitrogens is 1. The van der Waals surface area contributed by atoms with Crippen LogP contribution >= 0.6 is 0 Å². The predicted molar refractivity (Wildman–Crippen MR) is 120 cm³/mol. The zero-order valence-corrected chi connectivity index (χ0v) is 17.9. The summed E-state index contributed by atoms with van der Waals surface area (Å²) in [5.41, 5.74) is 7.32. The number of rotatable bonds is 6. The maximum Gasteiger partial charge on any atom is 0.105 e. The molecule has 0 saturated carbocycles. The van der Waals surface area contributed by atoms with E-state index in [0.29, 0.717) is 6.54 Å². The van der Waals surface area contributed by atoms with Crippen molar-refractivity contribution >= 4 is 10.9 Å². The van der Waals surface area contributed by atoms with E-state index in [4.69, 9.17) is 4.98 Å².